The molecule has 0 saturated carbocycles. The van der Waals surface area contributed by atoms with E-state index >= 15 is 0 Å². The van der Waals surface area contributed by atoms with E-state index in [2.05, 4.69) is 33.8 Å². The molecule has 0 unspecified atom stereocenters. The summed E-state index contributed by atoms with van der Waals surface area (Å²) < 4.78 is 0. The zero-order valence-electron chi connectivity index (χ0n) is 14.4. The number of benzene rings is 2. The molecule has 1 aliphatic heterocycles. The third kappa shape index (κ3) is 3.20. The van der Waals surface area contributed by atoms with Crippen molar-refractivity contribution in [3.63, 3.8) is 0 Å². The third-order valence-corrected chi connectivity index (χ3v) is 4.99. The number of rotatable bonds is 5. The molecule has 1 aliphatic rings. The molecule has 2 atom stereocenters. The van der Waals surface area contributed by atoms with Gasteiger partial charge in [0.05, 0.1) is 0 Å². The highest BCUT2D eigenvalue weighted by molar-refractivity contribution is 5.91. The number of H-pyrrole nitrogens is 1. The van der Waals surface area contributed by atoms with E-state index in [1.54, 1.807) is 0 Å². The lowest BCUT2D eigenvalue weighted by Crippen LogP contribution is -2.43. The van der Waals surface area contributed by atoms with Crippen LogP contribution in [0.5, 0.6) is 0 Å². The molecule has 5 heteroatoms. The van der Waals surface area contributed by atoms with Crippen LogP contribution in [0.25, 0.3) is 10.9 Å². The van der Waals surface area contributed by atoms with Crippen molar-refractivity contribution in [1.82, 2.24) is 15.6 Å². The minimum Gasteiger partial charge on any atom is -0.361 e. The Kier molecular flexibility index (Phi) is 4.44. The number of fused-ring (bicyclic) bond motifs is 1. The molecule has 5 nitrogen and oxygen atoms in total. The topological polar surface area (TPSA) is 74.0 Å². The second kappa shape index (κ2) is 7.04. The molecule has 26 heavy (non-hydrogen) atoms. The van der Waals surface area contributed by atoms with Gasteiger partial charge in [0, 0.05) is 36.0 Å². The normalized spacial score (nSPS) is 17.8. The highest BCUT2D eigenvalue weighted by Gasteiger charge is 2.28. The number of amides is 2. The van der Waals surface area contributed by atoms with Crippen LogP contribution in [0.3, 0.4) is 0 Å². The zero-order valence-corrected chi connectivity index (χ0v) is 14.4. The number of hydrogen-bond donors (Lipinski definition) is 3. The van der Waals surface area contributed by atoms with E-state index in [9.17, 15) is 9.59 Å². The van der Waals surface area contributed by atoms with E-state index in [0.717, 1.165) is 22.0 Å². The smallest absolute Gasteiger partial charge is 0.242 e. The second-order valence-electron chi connectivity index (χ2n) is 6.66. The zero-order chi connectivity index (χ0) is 17.9. The summed E-state index contributed by atoms with van der Waals surface area (Å²) >= 11 is 0. The summed E-state index contributed by atoms with van der Waals surface area (Å²) in [6, 6.07) is 17.9. The van der Waals surface area contributed by atoms with Crippen LogP contribution < -0.4 is 10.6 Å². The van der Waals surface area contributed by atoms with Gasteiger partial charge >= 0.3 is 0 Å². The van der Waals surface area contributed by atoms with Crippen molar-refractivity contribution >= 4 is 22.7 Å². The molecule has 1 saturated heterocycles. The number of para-hydroxylation sites is 1. The molecule has 0 aliphatic carbocycles. The number of aromatic nitrogens is 1. The Hall–Kier alpha value is -3.08. The minimum absolute atomic E-state index is 0.0356. The van der Waals surface area contributed by atoms with Crippen LogP contribution in [0, 0.1) is 0 Å². The fraction of sp³-hybridized carbons (Fsp3) is 0.238. The van der Waals surface area contributed by atoms with Crippen LogP contribution in [-0.4, -0.2) is 29.4 Å². The Bertz CT molecular complexity index is 933. The Balaban J connectivity index is 1.60. The number of carbonyl (C=O) groups is 2. The first kappa shape index (κ1) is 16.4. The van der Waals surface area contributed by atoms with Gasteiger partial charge in [-0.1, -0.05) is 48.5 Å². The number of aromatic amines is 1. The molecule has 0 spiro atoms. The standard InChI is InChI=1S/C21H21N3O2/c25-20-11-10-19(24-20)21(26)23-12-16(14-6-2-1-3-7-14)17-13-22-18-9-5-4-8-15(17)18/h1-9,13,16,19,22H,10-12H2,(H,23,26)(H,24,25)/t16-,19+/m0/s1. The van der Waals surface area contributed by atoms with Gasteiger partial charge in [0.25, 0.3) is 0 Å². The molecule has 4 rings (SSSR count). The largest absolute Gasteiger partial charge is 0.361 e. The fourth-order valence-corrected chi connectivity index (χ4v) is 3.61. The predicted molar refractivity (Wildman–Crippen MR) is 101 cm³/mol. The lowest BCUT2D eigenvalue weighted by molar-refractivity contribution is -0.125. The quantitative estimate of drug-likeness (QED) is 0.664. The van der Waals surface area contributed by atoms with Gasteiger partial charge in [0.15, 0.2) is 0 Å². The molecule has 0 radical (unpaired) electrons. The molecule has 2 heterocycles. The SMILES string of the molecule is O=C1CC[C@H](C(=O)NC[C@@H](c2ccccc2)c2c[nH]c3ccccc23)N1. The Morgan fingerprint density at radius 1 is 1.12 bits per heavy atom. The van der Waals surface area contributed by atoms with Crippen LogP contribution in [0.15, 0.2) is 60.8 Å². The lowest BCUT2D eigenvalue weighted by atomic mass is 9.91. The molecule has 3 N–H and O–H groups in total. The highest BCUT2D eigenvalue weighted by atomic mass is 16.2. The van der Waals surface area contributed by atoms with E-state index < -0.39 is 6.04 Å². The van der Waals surface area contributed by atoms with E-state index in [0.29, 0.717) is 19.4 Å². The summed E-state index contributed by atoms with van der Waals surface area (Å²) in [7, 11) is 0. The number of nitrogens with one attached hydrogen (secondary N) is 3. The minimum atomic E-state index is -0.415. The number of hydrogen-bond acceptors (Lipinski definition) is 2. The first-order valence-electron chi connectivity index (χ1n) is 8.90. The molecule has 1 fully saturated rings. The first-order valence-corrected chi connectivity index (χ1v) is 8.90. The van der Waals surface area contributed by atoms with Gasteiger partial charge in [-0.2, -0.15) is 0 Å². The van der Waals surface area contributed by atoms with Crippen LogP contribution in [0.1, 0.15) is 29.9 Å². The molecule has 1 aromatic heterocycles. The Morgan fingerprint density at radius 2 is 1.88 bits per heavy atom. The maximum absolute atomic E-state index is 12.4. The Morgan fingerprint density at radius 3 is 2.65 bits per heavy atom. The predicted octanol–water partition coefficient (Wildman–Crippen LogP) is 2.69. The van der Waals surface area contributed by atoms with Gasteiger partial charge in [-0.05, 0) is 23.6 Å². The summed E-state index contributed by atoms with van der Waals surface area (Å²) in [4.78, 5) is 27.1. The van der Waals surface area contributed by atoms with Crippen LogP contribution >= 0.6 is 0 Å². The average molecular weight is 347 g/mol. The van der Waals surface area contributed by atoms with E-state index in [1.807, 2.05) is 42.6 Å². The van der Waals surface area contributed by atoms with Gasteiger partial charge in [0.1, 0.15) is 6.04 Å². The molecular weight excluding hydrogens is 326 g/mol. The van der Waals surface area contributed by atoms with Crippen LogP contribution in [0.4, 0.5) is 0 Å². The summed E-state index contributed by atoms with van der Waals surface area (Å²) in [6.45, 7) is 0.483. The average Bonchev–Trinajstić information content (AvgIpc) is 3.29. The van der Waals surface area contributed by atoms with Crippen molar-refractivity contribution in [1.29, 1.82) is 0 Å². The van der Waals surface area contributed by atoms with Gasteiger partial charge in [-0.3, -0.25) is 9.59 Å². The molecule has 2 aromatic carbocycles. The van der Waals surface area contributed by atoms with Crippen molar-refractivity contribution in [3.05, 3.63) is 71.9 Å². The molecule has 0 bridgehead atoms. The highest BCUT2D eigenvalue weighted by Crippen LogP contribution is 2.30. The van der Waals surface area contributed by atoms with Gasteiger partial charge < -0.3 is 15.6 Å². The fourth-order valence-electron chi connectivity index (χ4n) is 3.61. The molecule has 132 valence electrons. The van der Waals surface area contributed by atoms with Crippen molar-refractivity contribution in [2.45, 2.75) is 24.8 Å². The van der Waals surface area contributed by atoms with Crippen LogP contribution in [-0.2, 0) is 9.59 Å². The Labute approximate surface area is 151 Å². The maximum Gasteiger partial charge on any atom is 0.242 e. The first-order chi connectivity index (χ1) is 12.7. The maximum atomic E-state index is 12.4. The second-order valence-corrected chi connectivity index (χ2v) is 6.66. The van der Waals surface area contributed by atoms with Crippen LogP contribution in [0.2, 0.25) is 0 Å². The van der Waals surface area contributed by atoms with E-state index in [1.165, 1.54) is 0 Å². The van der Waals surface area contributed by atoms with Crippen molar-refractivity contribution in [2.75, 3.05) is 6.54 Å². The monoisotopic (exact) mass is 347 g/mol. The van der Waals surface area contributed by atoms with Gasteiger partial charge in [-0.15, -0.1) is 0 Å². The van der Waals surface area contributed by atoms with Gasteiger partial charge in [-0.25, -0.2) is 0 Å². The summed E-state index contributed by atoms with van der Waals surface area (Å²) in [5.74, 6) is -0.133. The van der Waals surface area contributed by atoms with Crippen molar-refractivity contribution < 1.29 is 9.59 Å². The third-order valence-electron chi connectivity index (χ3n) is 4.99. The molecular formula is C21H21N3O2. The number of carbonyl (C=O) groups excluding carboxylic acids is 2. The molecule has 2 amide bonds. The summed E-state index contributed by atoms with van der Waals surface area (Å²) in [6.07, 6.45) is 3.00. The molecule has 3 aromatic rings. The summed E-state index contributed by atoms with van der Waals surface area (Å²) in [5.41, 5.74) is 3.38. The van der Waals surface area contributed by atoms with Crippen molar-refractivity contribution in [2.24, 2.45) is 0 Å². The summed E-state index contributed by atoms with van der Waals surface area (Å²) in [5, 5.41) is 6.91. The lowest BCUT2D eigenvalue weighted by Gasteiger charge is -2.19. The van der Waals surface area contributed by atoms with E-state index in [-0.39, 0.29) is 17.7 Å². The van der Waals surface area contributed by atoms with E-state index in [4.69, 9.17) is 0 Å². The van der Waals surface area contributed by atoms with Crippen molar-refractivity contribution in [3.8, 4) is 0 Å². The van der Waals surface area contributed by atoms with Gasteiger partial charge in [0.2, 0.25) is 11.8 Å².